The van der Waals surface area contributed by atoms with Gasteiger partial charge in [-0.05, 0) is 43.4 Å². The van der Waals surface area contributed by atoms with Crippen molar-refractivity contribution < 1.29 is 4.79 Å². The Kier molecular flexibility index (Phi) is 4.40. The van der Waals surface area contributed by atoms with E-state index >= 15 is 0 Å². The van der Waals surface area contributed by atoms with E-state index < -0.39 is 0 Å². The third kappa shape index (κ3) is 3.59. The van der Waals surface area contributed by atoms with Gasteiger partial charge in [-0.2, -0.15) is 0 Å². The van der Waals surface area contributed by atoms with E-state index in [1.165, 1.54) is 30.4 Å². The summed E-state index contributed by atoms with van der Waals surface area (Å²) in [7, 11) is 0. The first-order valence-electron chi connectivity index (χ1n) is 7.00. The Bertz CT molecular complexity index is 419. The van der Waals surface area contributed by atoms with Crippen molar-refractivity contribution in [2.75, 3.05) is 0 Å². The van der Waals surface area contributed by atoms with E-state index in [2.05, 4.69) is 37.4 Å². The molecule has 1 N–H and O–H groups in total. The van der Waals surface area contributed by atoms with Crippen molar-refractivity contribution in [3.63, 3.8) is 0 Å². The molecule has 0 aromatic heterocycles. The molecule has 18 heavy (non-hydrogen) atoms. The molecule has 0 atom stereocenters. The Morgan fingerprint density at radius 3 is 2.56 bits per heavy atom. The Labute approximate surface area is 110 Å². The summed E-state index contributed by atoms with van der Waals surface area (Å²) >= 11 is 0. The van der Waals surface area contributed by atoms with E-state index in [-0.39, 0.29) is 5.91 Å². The quantitative estimate of drug-likeness (QED) is 0.870. The monoisotopic (exact) mass is 245 g/mol. The molecule has 1 aromatic rings. The van der Waals surface area contributed by atoms with Crippen LogP contribution in [0.4, 0.5) is 0 Å². The van der Waals surface area contributed by atoms with E-state index in [1.807, 2.05) is 0 Å². The number of hydrogen-bond donors (Lipinski definition) is 1. The Balaban J connectivity index is 1.88. The van der Waals surface area contributed by atoms with Gasteiger partial charge in [0.2, 0.25) is 5.91 Å². The summed E-state index contributed by atoms with van der Waals surface area (Å²) in [6.45, 7) is 4.19. The second kappa shape index (κ2) is 6.03. The average Bonchev–Trinajstić information content (AvgIpc) is 2.35. The first-order chi connectivity index (χ1) is 8.65. The maximum absolute atomic E-state index is 12.0. The SMILES string of the molecule is Cc1ccc(CC(=O)NC2CCCCC2)cc1C. The highest BCUT2D eigenvalue weighted by atomic mass is 16.1. The summed E-state index contributed by atoms with van der Waals surface area (Å²) in [5.41, 5.74) is 3.66. The summed E-state index contributed by atoms with van der Waals surface area (Å²) in [4.78, 5) is 12.0. The summed E-state index contributed by atoms with van der Waals surface area (Å²) in [6, 6.07) is 6.69. The predicted molar refractivity (Wildman–Crippen MR) is 74.6 cm³/mol. The van der Waals surface area contributed by atoms with E-state index in [0.717, 1.165) is 18.4 Å². The van der Waals surface area contributed by atoms with Crippen LogP contribution >= 0.6 is 0 Å². The molecule has 0 saturated heterocycles. The number of carbonyl (C=O) groups excluding carboxylic acids is 1. The lowest BCUT2D eigenvalue weighted by Crippen LogP contribution is -2.37. The number of hydrogen-bond acceptors (Lipinski definition) is 1. The first kappa shape index (κ1) is 13.1. The summed E-state index contributed by atoms with van der Waals surface area (Å²) in [5.74, 6) is 0.171. The van der Waals surface area contributed by atoms with Crippen molar-refractivity contribution in [3.8, 4) is 0 Å². The van der Waals surface area contributed by atoms with Gasteiger partial charge < -0.3 is 5.32 Å². The van der Waals surface area contributed by atoms with Crippen molar-refractivity contribution in [1.29, 1.82) is 0 Å². The van der Waals surface area contributed by atoms with Crippen LogP contribution in [0.5, 0.6) is 0 Å². The second-order valence-corrected chi connectivity index (χ2v) is 5.50. The molecule has 2 nitrogen and oxygen atoms in total. The molecule has 0 unspecified atom stereocenters. The minimum Gasteiger partial charge on any atom is -0.353 e. The highest BCUT2D eigenvalue weighted by molar-refractivity contribution is 5.78. The molecule has 2 rings (SSSR count). The topological polar surface area (TPSA) is 29.1 Å². The Morgan fingerprint density at radius 1 is 1.17 bits per heavy atom. The molecule has 0 radical (unpaired) electrons. The highest BCUT2D eigenvalue weighted by Crippen LogP contribution is 2.17. The zero-order valence-electron chi connectivity index (χ0n) is 11.5. The number of nitrogens with one attached hydrogen (secondary N) is 1. The molecule has 0 bridgehead atoms. The number of benzene rings is 1. The van der Waals surface area contributed by atoms with E-state index in [1.54, 1.807) is 0 Å². The van der Waals surface area contributed by atoms with Crippen molar-refractivity contribution >= 4 is 5.91 Å². The van der Waals surface area contributed by atoms with E-state index in [0.29, 0.717) is 12.5 Å². The molecule has 98 valence electrons. The largest absolute Gasteiger partial charge is 0.353 e. The molecular weight excluding hydrogens is 222 g/mol. The van der Waals surface area contributed by atoms with Gasteiger partial charge in [-0.3, -0.25) is 4.79 Å². The fourth-order valence-corrected chi connectivity index (χ4v) is 2.62. The third-order valence-corrected chi connectivity index (χ3v) is 3.91. The number of rotatable bonds is 3. The average molecular weight is 245 g/mol. The predicted octanol–water partition coefficient (Wildman–Crippen LogP) is 3.29. The fourth-order valence-electron chi connectivity index (χ4n) is 2.62. The molecule has 0 spiro atoms. The summed E-state index contributed by atoms with van der Waals surface area (Å²) < 4.78 is 0. The van der Waals surface area contributed by atoms with E-state index in [4.69, 9.17) is 0 Å². The Morgan fingerprint density at radius 2 is 1.89 bits per heavy atom. The van der Waals surface area contributed by atoms with Gasteiger partial charge in [0.1, 0.15) is 0 Å². The molecule has 1 saturated carbocycles. The molecule has 0 heterocycles. The van der Waals surface area contributed by atoms with Crippen LogP contribution in [0, 0.1) is 13.8 Å². The highest BCUT2D eigenvalue weighted by Gasteiger charge is 2.15. The van der Waals surface area contributed by atoms with Gasteiger partial charge in [-0.15, -0.1) is 0 Å². The summed E-state index contributed by atoms with van der Waals surface area (Å²) in [6.07, 6.45) is 6.65. The van der Waals surface area contributed by atoms with Crippen molar-refractivity contribution in [1.82, 2.24) is 5.32 Å². The number of carbonyl (C=O) groups is 1. The molecule has 1 aliphatic rings. The molecule has 1 amide bonds. The van der Waals surface area contributed by atoms with Crippen LogP contribution in [0.2, 0.25) is 0 Å². The maximum Gasteiger partial charge on any atom is 0.224 e. The zero-order valence-corrected chi connectivity index (χ0v) is 11.5. The second-order valence-electron chi connectivity index (χ2n) is 5.50. The maximum atomic E-state index is 12.0. The lowest BCUT2D eigenvalue weighted by atomic mass is 9.95. The normalized spacial score (nSPS) is 16.6. The summed E-state index contributed by atoms with van der Waals surface area (Å²) in [5, 5.41) is 3.16. The fraction of sp³-hybridized carbons (Fsp3) is 0.562. The van der Waals surface area contributed by atoms with Crippen LogP contribution in [-0.4, -0.2) is 11.9 Å². The van der Waals surface area contributed by atoms with Crippen molar-refractivity contribution in [2.24, 2.45) is 0 Å². The smallest absolute Gasteiger partial charge is 0.224 e. The van der Waals surface area contributed by atoms with Gasteiger partial charge in [0, 0.05) is 6.04 Å². The van der Waals surface area contributed by atoms with Gasteiger partial charge in [-0.1, -0.05) is 37.5 Å². The molecule has 0 aliphatic heterocycles. The Hall–Kier alpha value is -1.31. The van der Waals surface area contributed by atoms with Gasteiger partial charge in [0.25, 0.3) is 0 Å². The van der Waals surface area contributed by atoms with Crippen LogP contribution in [0.25, 0.3) is 0 Å². The van der Waals surface area contributed by atoms with Gasteiger partial charge in [0.05, 0.1) is 6.42 Å². The minimum atomic E-state index is 0.171. The van der Waals surface area contributed by atoms with E-state index in [9.17, 15) is 4.79 Å². The molecular formula is C16H23NO. The number of aryl methyl sites for hydroxylation is 2. The number of amides is 1. The van der Waals surface area contributed by atoms with Gasteiger partial charge in [0.15, 0.2) is 0 Å². The van der Waals surface area contributed by atoms with Crippen molar-refractivity contribution in [3.05, 3.63) is 34.9 Å². The van der Waals surface area contributed by atoms with Crippen LogP contribution < -0.4 is 5.32 Å². The van der Waals surface area contributed by atoms with Crippen molar-refractivity contribution in [2.45, 2.75) is 58.4 Å². The molecule has 1 aliphatic carbocycles. The molecule has 1 fully saturated rings. The molecule has 2 heteroatoms. The first-order valence-corrected chi connectivity index (χ1v) is 7.00. The standard InChI is InChI=1S/C16H23NO/c1-12-8-9-14(10-13(12)2)11-16(18)17-15-6-4-3-5-7-15/h8-10,15H,3-7,11H2,1-2H3,(H,17,18). The van der Waals surface area contributed by atoms with Gasteiger partial charge >= 0.3 is 0 Å². The van der Waals surface area contributed by atoms with Gasteiger partial charge in [-0.25, -0.2) is 0 Å². The zero-order chi connectivity index (χ0) is 13.0. The van der Waals surface area contributed by atoms with Crippen LogP contribution in [0.15, 0.2) is 18.2 Å². The molecule has 1 aromatic carbocycles. The van der Waals surface area contributed by atoms with Crippen LogP contribution in [0.3, 0.4) is 0 Å². The minimum absolute atomic E-state index is 0.171. The van der Waals surface area contributed by atoms with Crippen LogP contribution in [-0.2, 0) is 11.2 Å². The third-order valence-electron chi connectivity index (χ3n) is 3.91. The van der Waals surface area contributed by atoms with Crippen LogP contribution in [0.1, 0.15) is 48.8 Å². The lowest BCUT2D eigenvalue weighted by Gasteiger charge is -2.22. The lowest BCUT2D eigenvalue weighted by molar-refractivity contribution is -0.121.